The smallest absolute Gasteiger partial charge is 1.00 e. The van der Waals surface area contributed by atoms with E-state index >= 15 is 0 Å². The minimum Gasteiger partial charge on any atom is 1.00 e. The van der Waals surface area contributed by atoms with Crippen molar-refractivity contribution in [2.75, 3.05) is 0 Å². The first kappa shape index (κ1) is 14.3. The Morgan fingerprint density at radius 2 is 0.500 bits per heavy atom. The van der Waals surface area contributed by atoms with Gasteiger partial charge in [-0.1, -0.05) is 0 Å². The van der Waals surface area contributed by atoms with E-state index < -0.39 is 14.8 Å². The summed E-state index contributed by atoms with van der Waals surface area (Å²) in [6.45, 7) is 0. The Labute approximate surface area is 90.4 Å². The van der Waals surface area contributed by atoms with E-state index in [-0.39, 0.29) is 51.4 Å². The monoisotopic (exact) mass is 378 g/mol. The van der Waals surface area contributed by atoms with Crippen LogP contribution in [0.5, 0.6) is 0 Å². The number of rotatable bonds is 0. The topological polar surface area (TPSA) is 0 Å². The maximum Gasteiger partial charge on any atom is 1.00 e. The quantitative estimate of drug-likeness (QED) is 0.423. The Hall–Kier alpha value is 1.74. The van der Waals surface area contributed by atoms with Crippen LogP contribution in [0.1, 0.15) is 0 Å². The molecule has 0 aliphatic rings. The third kappa shape index (κ3) is 246. The first-order valence-electron chi connectivity index (χ1n) is 1.14. The van der Waals surface area contributed by atoms with E-state index in [1.165, 1.54) is 0 Å². The summed E-state index contributed by atoms with van der Waals surface area (Å²) < 4.78 is 79.6. The molecule has 10 heteroatoms. The first-order chi connectivity index (χ1) is 2.83. The molecule has 0 saturated carbocycles. The van der Waals surface area contributed by atoms with Crippen molar-refractivity contribution in [2.24, 2.45) is 0 Å². The Morgan fingerprint density at radius 1 is 0.500 bits per heavy atom. The molecule has 0 fully saturated rings. The molecule has 10 heavy (non-hydrogen) atoms. The van der Waals surface area contributed by atoms with Crippen molar-refractivity contribution in [3.63, 3.8) is 0 Å². The fraction of sp³-hybridized carbons (Fsp3) is 0. The molecule has 64 valence electrons. The van der Waals surface area contributed by atoms with Gasteiger partial charge < -0.3 is 0 Å². The zero-order valence-electron chi connectivity index (χ0n) is 4.40. The fourth-order valence-electron chi connectivity index (χ4n) is 0. The van der Waals surface area contributed by atoms with Crippen molar-refractivity contribution in [1.29, 1.82) is 0 Å². The van der Waals surface area contributed by atoms with Gasteiger partial charge in [0.1, 0.15) is 0 Å². The molecule has 0 nitrogen and oxygen atoms in total. The van der Waals surface area contributed by atoms with Crippen molar-refractivity contribution < 1.29 is 91.9 Å². The van der Waals surface area contributed by atoms with Crippen LogP contribution in [0.25, 0.3) is 0 Å². The average molecular weight is 377 g/mol. The summed E-state index contributed by atoms with van der Waals surface area (Å²) in [6.07, 6.45) is 0. The van der Waals surface area contributed by atoms with Crippen LogP contribution in [-0.4, -0.2) is 0 Å². The SMILES string of the molecule is [F][Re-]([F])([F])([F])([F])([F])([F])[F].[K+]. The summed E-state index contributed by atoms with van der Waals surface area (Å²) >= 11 is -15.3. The third-order valence-electron chi connectivity index (χ3n) is 0. The van der Waals surface area contributed by atoms with Gasteiger partial charge in [-0.25, -0.2) is 0 Å². The maximum atomic E-state index is 9.94. The molecule has 0 aromatic heterocycles. The number of halogens is 8. The van der Waals surface area contributed by atoms with Gasteiger partial charge in [0.15, 0.2) is 0 Å². The third-order valence-corrected chi connectivity index (χ3v) is 0. The molecule has 0 spiro atoms. The summed E-state index contributed by atoms with van der Waals surface area (Å²) in [5, 5.41) is 0. The Morgan fingerprint density at radius 3 is 0.500 bits per heavy atom. The maximum absolute atomic E-state index is 15.3. The Balaban J connectivity index is 0. The number of hydrogen-bond donors (Lipinski definition) is 0. The molecule has 0 atom stereocenters. The molecule has 0 bridgehead atoms. The van der Waals surface area contributed by atoms with E-state index in [4.69, 9.17) is 0 Å². The van der Waals surface area contributed by atoms with Crippen LogP contribution in [-0.2, 0) is 14.8 Å². The van der Waals surface area contributed by atoms with Crippen LogP contribution in [0.4, 0.5) is 25.8 Å². The summed E-state index contributed by atoms with van der Waals surface area (Å²) in [5.74, 6) is 0. The molecular weight excluding hydrogens is 377 g/mol. The molecule has 0 aliphatic carbocycles. The van der Waals surface area contributed by atoms with Gasteiger partial charge in [-0.15, -0.1) is 0 Å². The Bertz CT molecular complexity index is 144. The van der Waals surface area contributed by atoms with Crippen molar-refractivity contribution >= 4 is 0 Å². The second-order valence-corrected chi connectivity index (χ2v) is 12.4. The van der Waals surface area contributed by atoms with Gasteiger partial charge >= 0.3 is 91.9 Å². The van der Waals surface area contributed by atoms with Gasteiger partial charge in [0.2, 0.25) is 0 Å². The summed E-state index contributed by atoms with van der Waals surface area (Å²) in [6, 6.07) is 0. The van der Waals surface area contributed by atoms with E-state index in [2.05, 4.69) is 0 Å². The predicted octanol–water partition coefficient (Wildman–Crippen LogP) is 0.363. The molecule has 0 aliphatic heterocycles. The van der Waals surface area contributed by atoms with E-state index in [0.717, 1.165) is 0 Å². The fourth-order valence-corrected chi connectivity index (χ4v) is 0. The van der Waals surface area contributed by atoms with Gasteiger partial charge in [0, 0.05) is 0 Å². The normalized spacial score (nSPS) is 28.0. The zero-order valence-corrected chi connectivity index (χ0v) is 10.2. The van der Waals surface area contributed by atoms with Gasteiger partial charge in [-0.3, -0.25) is 0 Å². The molecule has 0 saturated heterocycles. The minimum atomic E-state index is -15.3. The summed E-state index contributed by atoms with van der Waals surface area (Å²) in [7, 11) is 0. The molecular formula is F8KRe. The first-order valence-corrected chi connectivity index (χ1v) is 9.35. The average Bonchev–Trinajstić information content (AvgIpc) is 0.503. The minimum absolute atomic E-state index is 0. The van der Waals surface area contributed by atoms with Crippen LogP contribution in [0, 0.1) is 0 Å². The van der Waals surface area contributed by atoms with Crippen LogP contribution in [0.15, 0.2) is 0 Å². The van der Waals surface area contributed by atoms with Crippen molar-refractivity contribution in [3.05, 3.63) is 0 Å². The van der Waals surface area contributed by atoms with Crippen LogP contribution >= 0.6 is 0 Å². The summed E-state index contributed by atoms with van der Waals surface area (Å²) in [5.41, 5.74) is 0. The van der Waals surface area contributed by atoms with Gasteiger partial charge in [0.05, 0.1) is 0 Å². The molecule has 0 aromatic carbocycles. The zero-order chi connectivity index (χ0) is 8.35. The van der Waals surface area contributed by atoms with Gasteiger partial charge in [-0.2, -0.15) is 0 Å². The van der Waals surface area contributed by atoms with E-state index in [1.807, 2.05) is 0 Å². The Kier molecular flexibility index (Phi) is 1.64. The van der Waals surface area contributed by atoms with Crippen molar-refractivity contribution in [2.45, 2.75) is 0 Å². The molecule has 0 unspecified atom stereocenters. The van der Waals surface area contributed by atoms with Crippen LogP contribution in [0.3, 0.4) is 0 Å². The second kappa shape index (κ2) is 1.15. The number of hydrogen-bond acceptors (Lipinski definition) is 0. The molecule has 0 heterocycles. The van der Waals surface area contributed by atoms with Gasteiger partial charge in [0.25, 0.3) is 0 Å². The van der Waals surface area contributed by atoms with E-state index in [9.17, 15) is 25.8 Å². The second-order valence-electron chi connectivity index (χ2n) is 1.51. The van der Waals surface area contributed by atoms with Gasteiger partial charge in [-0.05, 0) is 0 Å². The predicted molar refractivity (Wildman–Crippen MR) is 8.86 cm³/mol. The molecule has 0 N–H and O–H groups in total. The molecule has 0 aromatic rings. The molecule has 0 amide bonds. The van der Waals surface area contributed by atoms with Crippen molar-refractivity contribution in [1.82, 2.24) is 0 Å². The largest absolute Gasteiger partial charge is 1.00 e. The standard InChI is InChI=1S/8FH.K.Re/h8*1H;;/q;;;;;;;;+1;+7/p-8. The van der Waals surface area contributed by atoms with Crippen LogP contribution < -0.4 is 51.4 Å². The summed E-state index contributed by atoms with van der Waals surface area (Å²) in [4.78, 5) is 0. The van der Waals surface area contributed by atoms with Crippen molar-refractivity contribution in [3.8, 4) is 0 Å². The van der Waals surface area contributed by atoms with E-state index in [0.29, 0.717) is 0 Å². The molecule has 0 rings (SSSR count). The van der Waals surface area contributed by atoms with Crippen LogP contribution in [0.2, 0.25) is 0 Å². The van der Waals surface area contributed by atoms with E-state index in [1.54, 1.807) is 0 Å². The molecule has 0 radical (unpaired) electrons.